The molecule has 2 rings (SSSR count). The zero-order chi connectivity index (χ0) is 14.8. The highest BCUT2D eigenvalue weighted by Gasteiger charge is 2.17. The fourth-order valence-electron chi connectivity index (χ4n) is 1.91. The summed E-state index contributed by atoms with van der Waals surface area (Å²) in [5.74, 6) is 0. The Balaban J connectivity index is 2.11. The van der Waals surface area contributed by atoms with Crippen LogP contribution in [0.1, 0.15) is 11.3 Å². The van der Waals surface area contributed by atoms with E-state index in [9.17, 15) is 8.42 Å². The van der Waals surface area contributed by atoms with Gasteiger partial charge in [-0.25, -0.2) is 13.1 Å². The van der Waals surface area contributed by atoms with Gasteiger partial charge in [-0.15, -0.1) is 0 Å². The molecule has 0 aliphatic carbocycles. The normalized spacial score (nSPS) is 11.9. The molecule has 0 radical (unpaired) electrons. The predicted molar refractivity (Wildman–Crippen MR) is 75.4 cm³/mol. The Hall–Kier alpha value is -1.64. The van der Waals surface area contributed by atoms with Crippen LogP contribution in [0.5, 0.6) is 0 Å². The standard InChI is InChI=1S/C12H19N5O2S/c1-13-7-11-4-12(9-16(11)2)20(18,19)15-6-10-5-14-17(3)8-10/h4-5,8-9,13,15H,6-7H2,1-3H3. The van der Waals surface area contributed by atoms with Crippen LogP contribution in [0.25, 0.3) is 0 Å². The van der Waals surface area contributed by atoms with Crippen molar-refractivity contribution in [2.45, 2.75) is 18.0 Å². The first-order valence-electron chi connectivity index (χ1n) is 6.19. The molecule has 0 amide bonds. The molecule has 2 heterocycles. The number of rotatable bonds is 6. The highest BCUT2D eigenvalue weighted by Crippen LogP contribution is 2.13. The van der Waals surface area contributed by atoms with Crippen LogP contribution >= 0.6 is 0 Å². The second-order valence-electron chi connectivity index (χ2n) is 4.66. The van der Waals surface area contributed by atoms with Gasteiger partial charge in [0.1, 0.15) is 0 Å². The van der Waals surface area contributed by atoms with Crippen molar-refractivity contribution in [2.75, 3.05) is 7.05 Å². The lowest BCUT2D eigenvalue weighted by Gasteiger charge is -2.02. The third kappa shape index (κ3) is 3.27. The molecule has 0 aliphatic rings. The van der Waals surface area contributed by atoms with E-state index < -0.39 is 10.0 Å². The van der Waals surface area contributed by atoms with Crippen LogP contribution in [0.4, 0.5) is 0 Å². The quantitative estimate of drug-likeness (QED) is 0.784. The first-order valence-corrected chi connectivity index (χ1v) is 7.67. The van der Waals surface area contributed by atoms with Gasteiger partial charge in [0.05, 0.1) is 11.1 Å². The van der Waals surface area contributed by atoms with Crippen molar-refractivity contribution in [3.8, 4) is 0 Å². The molecule has 2 aromatic rings. The van der Waals surface area contributed by atoms with Gasteiger partial charge in [-0.3, -0.25) is 4.68 Å². The molecule has 2 aromatic heterocycles. The average Bonchev–Trinajstić information content (AvgIpc) is 2.95. The Bertz CT molecular complexity index is 687. The molecule has 0 bridgehead atoms. The monoisotopic (exact) mass is 297 g/mol. The smallest absolute Gasteiger partial charge is 0.242 e. The van der Waals surface area contributed by atoms with Crippen molar-refractivity contribution in [3.05, 3.63) is 35.9 Å². The second kappa shape index (κ2) is 5.78. The third-order valence-electron chi connectivity index (χ3n) is 2.98. The largest absolute Gasteiger partial charge is 0.352 e. The van der Waals surface area contributed by atoms with Gasteiger partial charge in [0.2, 0.25) is 10.0 Å². The van der Waals surface area contributed by atoms with E-state index in [-0.39, 0.29) is 11.4 Å². The van der Waals surface area contributed by atoms with Gasteiger partial charge < -0.3 is 9.88 Å². The molecule has 0 aromatic carbocycles. The molecule has 0 atom stereocenters. The van der Waals surface area contributed by atoms with E-state index in [2.05, 4.69) is 15.1 Å². The summed E-state index contributed by atoms with van der Waals surface area (Å²) >= 11 is 0. The minimum absolute atomic E-state index is 0.229. The van der Waals surface area contributed by atoms with Crippen molar-refractivity contribution in [1.82, 2.24) is 24.4 Å². The number of sulfonamides is 1. The summed E-state index contributed by atoms with van der Waals surface area (Å²) in [4.78, 5) is 0.272. The molecule has 7 nitrogen and oxygen atoms in total. The summed E-state index contributed by atoms with van der Waals surface area (Å²) in [7, 11) is 1.93. The highest BCUT2D eigenvalue weighted by molar-refractivity contribution is 7.89. The van der Waals surface area contributed by atoms with E-state index in [1.54, 1.807) is 41.0 Å². The molecule has 0 unspecified atom stereocenters. The average molecular weight is 297 g/mol. The number of aromatic nitrogens is 3. The van der Waals surface area contributed by atoms with Crippen LogP contribution in [0.3, 0.4) is 0 Å². The van der Waals surface area contributed by atoms with Gasteiger partial charge in [0.15, 0.2) is 0 Å². The molecule has 0 saturated carbocycles. The van der Waals surface area contributed by atoms with Gasteiger partial charge in [-0.1, -0.05) is 0 Å². The Kier molecular flexibility index (Phi) is 4.26. The highest BCUT2D eigenvalue weighted by atomic mass is 32.2. The van der Waals surface area contributed by atoms with Gasteiger partial charge in [-0.05, 0) is 13.1 Å². The zero-order valence-corrected chi connectivity index (χ0v) is 12.6. The lowest BCUT2D eigenvalue weighted by atomic mass is 10.4. The molecule has 2 N–H and O–H groups in total. The van der Waals surface area contributed by atoms with Crippen molar-refractivity contribution in [2.24, 2.45) is 14.1 Å². The minimum atomic E-state index is -3.50. The van der Waals surface area contributed by atoms with Crippen molar-refractivity contribution in [1.29, 1.82) is 0 Å². The van der Waals surface area contributed by atoms with Crippen LogP contribution in [-0.2, 0) is 37.2 Å². The molecule has 110 valence electrons. The van der Waals surface area contributed by atoms with E-state index in [1.165, 1.54) is 0 Å². The third-order valence-corrected chi connectivity index (χ3v) is 4.34. The van der Waals surface area contributed by atoms with Crippen molar-refractivity contribution >= 4 is 10.0 Å². The summed E-state index contributed by atoms with van der Waals surface area (Å²) in [5.41, 5.74) is 1.73. The molecule has 8 heteroatoms. The van der Waals surface area contributed by atoms with Crippen molar-refractivity contribution < 1.29 is 8.42 Å². The predicted octanol–water partition coefficient (Wildman–Crippen LogP) is -0.0435. The van der Waals surface area contributed by atoms with Gasteiger partial charge in [0, 0.05) is 50.8 Å². The van der Waals surface area contributed by atoms with Crippen molar-refractivity contribution in [3.63, 3.8) is 0 Å². The fraction of sp³-hybridized carbons (Fsp3) is 0.417. The summed E-state index contributed by atoms with van der Waals surface area (Å²) in [5, 5.41) is 7.01. The van der Waals surface area contributed by atoms with Crippen LogP contribution in [0.2, 0.25) is 0 Å². The molecule has 0 fully saturated rings. The molecule has 0 saturated heterocycles. The molecular weight excluding hydrogens is 278 g/mol. The number of hydrogen-bond donors (Lipinski definition) is 2. The van der Waals surface area contributed by atoms with Gasteiger partial charge in [0.25, 0.3) is 0 Å². The van der Waals surface area contributed by atoms with E-state index >= 15 is 0 Å². The molecular formula is C12H19N5O2S. The summed E-state index contributed by atoms with van der Waals surface area (Å²) in [6.45, 7) is 0.848. The number of nitrogens with zero attached hydrogens (tertiary/aromatic N) is 3. The molecule has 20 heavy (non-hydrogen) atoms. The van der Waals surface area contributed by atoms with Crippen LogP contribution in [-0.4, -0.2) is 29.8 Å². The van der Waals surface area contributed by atoms with E-state index in [4.69, 9.17) is 0 Å². The van der Waals surface area contributed by atoms with Gasteiger partial charge >= 0.3 is 0 Å². The molecule has 0 aliphatic heterocycles. The summed E-state index contributed by atoms with van der Waals surface area (Å²) in [6, 6.07) is 1.67. The molecule has 0 spiro atoms. The maximum Gasteiger partial charge on any atom is 0.242 e. The topological polar surface area (TPSA) is 81.0 Å². The Labute approximate surface area is 118 Å². The zero-order valence-electron chi connectivity index (χ0n) is 11.8. The Morgan fingerprint density at radius 3 is 2.60 bits per heavy atom. The SMILES string of the molecule is CNCc1cc(S(=O)(=O)NCc2cnn(C)c2)cn1C. The number of hydrogen-bond acceptors (Lipinski definition) is 4. The first-order chi connectivity index (χ1) is 9.42. The minimum Gasteiger partial charge on any atom is -0.352 e. The van der Waals surface area contributed by atoms with E-state index in [0.717, 1.165) is 11.3 Å². The summed E-state index contributed by atoms with van der Waals surface area (Å²) < 4.78 is 30.4. The maximum absolute atomic E-state index is 12.2. The fourth-order valence-corrected chi connectivity index (χ4v) is 3.02. The Morgan fingerprint density at radius 1 is 1.25 bits per heavy atom. The summed E-state index contributed by atoms with van der Waals surface area (Å²) in [6.07, 6.45) is 5.03. The van der Waals surface area contributed by atoms with E-state index in [1.807, 2.05) is 14.1 Å². The van der Waals surface area contributed by atoms with Crippen LogP contribution < -0.4 is 10.0 Å². The number of aryl methyl sites for hydroxylation is 2. The van der Waals surface area contributed by atoms with Crippen LogP contribution in [0.15, 0.2) is 29.6 Å². The van der Waals surface area contributed by atoms with Crippen LogP contribution in [0, 0.1) is 0 Å². The van der Waals surface area contributed by atoms with Gasteiger partial charge in [-0.2, -0.15) is 5.10 Å². The first kappa shape index (κ1) is 14.8. The maximum atomic E-state index is 12.2. The lowest BCUT2D eigenvalue weighted by Crippen LogP contribution is -2.22. The lowest BCUT2D eigenvalue weighted by molar-refractivity contribution is 0.581. The van der Waals surface area contributed by atoms with E-state index in [0.29, 0.717) is 6.54 Å². The Morgan fingerprint density at radius 2 is 2.00 bits per heavy atom. The number of nitrogens with one attached hydrogen (secondary N) is 2. The second-order valence-corrected chi connectivity index (χ2v) is 6.42.